The van der Waals surface area contributed by atoms with E-state index in [1.54, 1.807) is 13.1 Å². The fourth-order valence-corrected chi connectivity index (χ4v) is 5.63. The average Bonchev–Trinajstić information content (AvgIpc) is 3.47. The highest BCUT2D eigenvalue weighted by atomic mass is 127. The standard InChI is InChI=1S/C21H30N6O3S.HI/c1-22-21(23-15-18-7-9-26(16-18)20-5-3-2-4-6-20)25-10-12-27(13-11-25)31(28,29)17-19-8-14-30-24-19;/h2-6,8,14,18H,7,9-13,15-17H2,1H3,(H,22,23);1H. The number of rotatable bonds is 6. The van der Waals surface area contributed by atoms with Crippen molar-refractivity contribution >= 4 is 45.6 Å². The number of nitrogens with zero attached hydrogens (tertiary/aromatic N) is 5. The largest absolute Gasteiger partial charge is 0.371 e. The van der Waals surface area contributed by atoms with Crippen molar-refractivity contribution < 1.29 is 12.9 Å². The van der Waals surface area contributed by atoms with Crippen molar-refractivity contribution in [2.75, 3.05) is 57.8 Å². The maximum atomic E-state index is 12.6. The molecule has 0 saturated carbocycles. The molecule has 1 unspecified atom stereocenters. The van der Waals surface area contributed by atoms with Gasteiger partial charge in [-0.05, 0) is 24.5 Å². The predicted molar refractivity (Wildman–Crippen MR) is 136 cm³/mol. The smallest absolute Gasteiger partial charge is 0.220 e. The molecule has 1 atom stereocenters. The van der Waals surface area contributed by atoms with Crippen molar-refractivity contribution in [1.82, 2.24) is 19.7 Å². The third kappa shape index (κ3) is 6.13. The van der Waals surface area contributed by atoms with Crippen molar-refractivity contribution in [2.24, 2.45) is 10.9 Å². The fraction of sp³-hybridized carbons (Fsp3) is 0.524. The molecule has 4 rings (SSSR count). The van der Waals surface area contributed by atoms with Crippen molar-refractivity contribution in [1.29, 1.82) is 0 Å². The van der Waals surface area contributed by atoms with Crippen molar-refractivity contribution in [3.05, 3.63) is 48.4 Å². The number of aliphatic imine (C=N–C) groups is 1. The number of aromatic nitrogens is 1. The van der Waals surface area contributed by atoms with Crippen molar-refractivity contribution in [2.45, 2.75) is 12.2 Å². The third-order valence-corrected chi connectivity index (χ3v) is 7.73. The Morgan fingerprint density at radius 2 is 1.91 bits per heavy atom. The highest BCUT2D eigenvalue weighted by Gasteiger charge is 2.29. The molecule has 0 radical (unpaired) electrons. The number of hydrogen-bond donors (Lipinski definition) is 1. The number of para-hydroxylation sites is 1. The number of guanidine groups is 1. The molecule has 0 spiro atoms. The Kier molecular flexibility index (Phi) is 8.77. The summed E-state index contributed by atoms with van der Waals surface area (Å²) >= 11 is 0. The Hall–Kier alpha value is -1.86. The molecule has 2 fully saturated rings. The van der Waals surface area contributed by atoms with Gasteiger partial charge in [-0.25, -0.2) is 8.42 Å². The Labute approximate surface area is 206 Å². The molecule has 11 heteroatoms. The van der Waals surface area contributed by atoms with Crippen LogP contribution in [0.4, 0.5) is 5.69 Å². The maximum absolute atomic E-state index is 12.6. The summed E-state index contributed by atoms with van der Waals surface area (Å²) in [6.07, 6.45) is 2.54. The number of nitrogens with one attached hydrogen (secondary N) is 1. The van der Waals surface area contributed by atoms with E-state index in [1.807, 2.05) is 6.07 Å². The van der Waals surface area contributed by atoms with Gasteiger partial charge in [0, 0.05) is 64.6 Å². The van der Waals surface area contributed by atoms with Crippen LogP contribution >= 0.6 is 24.0 Å². The normalized spacial score (nSPS) is 20.3. The van der Waals surface area contributed by atoms with Gasteiger partial charge in [0.15, 0.2) is 5.96 Å². The molecule has 1 N–H and O–H groups in total. The van der Waals surface area contributed by atoms with E-state index >= 15 is 0 Å². The molecule has 1 aromatic carbocycles. The summed E-state index contributed by atoms with van der Waals surface area (Å²) < 4.78 is 31.5. The lowest BCUT2D eigenvalue weighted by molar-refractivity contribution is 0.259. The molecule has 176 valence electrons. The monoisotopic (exact) mass is 574 g/mol. The highest BCUT2D eigenvalue weighted by molar-refractivity contribution is 14.0. The molecular formula is C21H31IN6O3S. The number of anilines is 1. The van der Waals surface area contributed by atoms with E-state index in [0.717, 1.165) is 32.0 Å². The molecular weight excluding hydrogens is 543 g/mol. The lowest BCUT2D eigenvalue weighted by Gasteiger charge is -2.36. The Morgan fingerprint density at radius 3 is 2.56 bits per heavy atom. The summed E-state index contributed by atoms with van der Waals surface area (Å²) in [5, 5.41) is 7.22. The molecule has 1 aromatic heterocycles. The summed E-state index contributed by atoms with van der Waals surface area (Å²) in [6.45, 7) is 5.05. The van der Waals surface area contributed by atoms with Crippen LogP contribution in [-0.2, 0) is 15.8 Å². The fourth-order valence-electron chi connectivity index (χ4n) is 4.21. The van der Waals surface area contributed by atoms with Crippen LogP contribution in [0.2, 0.25) is 0 Å². The third-order valence-electron chi connectivity index (χ3n) is 5.92. The van der Waals surface area contributed by atoms with Crippen molar-refractivity contribution in [3.63, 3.8) is 0 Å². The predicted octanol–water partition coefficient (Wildman–Crippen LogP) is 1.84. The number of piperazine rings is 1. The van der Waals surface area contributed by atoms with Gasteiger partial charge in [-0.2, -0.15) is 4.31 Å². The highest BCUT2D eigenvalue weighted by Crippen LogP contribution is 2.23. The topological polar surface area (TPSA) is 94.3 Å². The summed E-state index contributed by atoms with van der Waals surface area (Å²) in [5.74, 6) is 1.27. The van der Waals surface area contributed by atoms with E-state index in [-0.39, 0.29) is 29.7 Å². The van der Waals surface area contributed by atoms with E-state index in [4.69, 9.17) is 4.52 Å². The molecule has 0 aliphatic carbocycles. The van der Waals surface area contributed by atoms with E-state index in [0.29, 0.717) is 37.8 Å². The summed E-state index contributed by atoms with van der Waals surface area (Å²) in [7, 11) is -1.62. The Morgan fingerprint density at radius 1 is 1.16 bits per heavy atom. The first kappa shape index (κ1) is 24.8. The van der Waals surface area contributed by atoms with Gasteiger partial charge >= 0.3 is 0 Å². The molecule has 32 heavy (non-hydrogen) atoms. The van der Waals surface area contributed by atoms with Crippen LogP contribution in [-0.4, -0.2) is 81.6 Å². The number of sulfonamides is 1. The van der Waals surface area contributed by atoms with Crippen LogP contribution < -0.4 is 10.2 Å². The Bertz CT molecular complexity index is 963. The van der Waals surface area contributed by atoms with Gasteiger partial charge in [0.25, 0.3) is 0 Å². The second-order valence-corrected chi connectivity index (χ2v) is 9.97. The number of hydrogen-bond acceptors (Lipinski definition) is 6. The van der Waals surface area contributed by atoms with Gasteiger partial charge < -0.3 is 19.6 Å². The van der Waals surface area contributed by atoms with Gasteiger partial charge in [-0.1, -0.05) is 23.4 Å². The van der Waals surface area contributed by atoms with Crippen LogP contribution in [0.25, 0.3) is 0 Å². The number of benzene rings is 1. The minimum atomic E-state index is -3.40. The lowest BCUT2D eigenvalue weighted by Crippen LogP contribution is -2.54. The zero-order chi connectivity index (χ0) is 21.7. The van der Waals surface area contributed by atoms with E-state index in [9.17, 15) is 8.42 Å². The van der Waals surface area contributed by atoms with Gasteiger partial charge in [-0.15, -0.1) is 24.0 Å². The molecule has 2 aliphatic heterocycles. The molecule has 2 saturated heterocycles. The summed E-state index contributed by atoms with van der Waals surface area (Å²) in [6, 6.07) is 12.1. The van der Waals surface area contributed by atoms with Crippen LogP contribution in [0.3, 0.4) is 0 Å². The van der Waals surface area contributed by atoms with Gasteiger partial charge in [-0.3, -0.25) is 4.99 Å². The lowest BCUT2D eigenvalue weighted by atomic mass is 10.1. The quantitative estimate of drug-likeness (QED) is 0.320. The molecule has 0 bridgehead atoms. The molecule has 2 aliphatic rings. The summed E-state index contributed by atoms with van der Waals surface area (Å²) in [5.41, 5.74) is 1.71. The van der Waals surface area contributed by atoms with Crippen LogP contribution in [0.5, 0.6) is 0 Å². The van der Waals surface area contributed by atoms with Crippen LogP contribution in [0, 0.1) is 5.92 Å². The Balaban J connectivity index is 0.00000289. The first-order chi connectivity index (χ1) is 15.0. The number of halogens is 1. The summed E-state index contributed by atoms with van der Waals surface area (Å²) in [4.78, 5) is 8.98. The first-order valence-electron chi connectivity index (χ1n) is 10.7. The minimum Gasteiger partial charge on any atom is -0.371 e. The molecule has 2 aromatic rings. The van der Waals surface area contributed by atoms with Crippen LogP contribution in [0.1, 0.15) is 12.1 Å². The van der Waals surface area contributed by atoms with Crippen LogP contribution in [0.15, 0.2) is 52.2 Å². The first-order valence-corrected chi connectivity index (χ1v) is 12.3. The zero-order valence-electron chi connectivity index (χ0n) is 18.3. The van der Waals surface area contributed by atoms with Gasteiger partial charge in [0.05, 0.1) is 5.69 Å². The second-order valence-electron chi connectivity index (χ2n) is 8.00. The minimum absolute atomic E-state index is 0. The molecule has 0 amide bonds. The van der Waals surface area contributed by atoms with E-state index in [1.165, 1.54) is 16.3 Å². The van der Waals surface area contributed by atoms with E-state index < -0.39 is 10.0 Å². The average molecular weight is 574 g/mol. The SMILES string of the molecule is CN=C(NCC1CCN(c2ccccc2)C1)N1CCN(S(=O)(=O)Cc2ccon2)CC1.I. The molecule has 3 heterocycles. The second kappa shape index (κ2) is 11.3. The van der Waals surface area contributed by atoms with Gasteiger partial charge in [0.2, 0.25) is 10.0 Å². The molecule has 9 nitrogen and oxygen atoms in total. The van der Waals surface area contributed by atoms with Gasteiger partial charge in [0.1, 0.15) is 12.0 Å². The maximum Gasteiger partial charge on any atom is 0.220 e. The zero-order valence-corrected chi connectivity index (χ0v) is 21.4. The van der Waals surface area contributed by atoms with E-state index in [2.05, 4.69) is 49.5 Å². The van der Waals surface area contributed by atoms with Crippen molar-refractivity contribution in [3.8, 4) is 0 Å².